The van der Waals surface area contributed by atoms with Crippen molar-refractivity contribution in [3.05, 3.63) is 64.5 Å². The maximum Gasteiger partial charge on any atom is 0.147 e. The molecule has 0 aliphatic heterocycles. The van der Waals surface area contributed by atoms with Crippen LogP contribution in [0.25, 0.3) is 16.6 Å². The molecule has 0 radical (unpaired) electrons. The third kappa shape index (κ3) is 2.10. The Kier molecular flexibility index (Phi) is 3.29. The molecule has 0 N–H and O–H groups in total. The Morgan fingerprint density at radius 3 is 2.80 bits per heavy atom. The van der Waals surface area contributed by atoms with Crippen LogP contribution in [0.1, 0.15) is 5.56 Å². The van der Waals surface area contributed by atoms with Gasteiger partial charge in [-0.1, -0.05) is 34.1 Å². The predicted molar refractivity (Wildman–Crippen MR) is 80.3 cm³/mol. The van der Waals surface area contributed by atoms with Crippen molar-refractivity contribution in [1.29, 1.82) is 5.26 Å². The third-order valence-corrected chi connectivity index (χ3v) is 3.72. The van der Waals surface area contributed by atoms with Crippen molar-refractivity contribution < 1.29 is 4.39 Å². The first-order valence-corrected chi connectivity index (χ1v) is 6.91. The van der Waals surface area contributed by atoms with Gasteiger partial charge in [0.15, 0.2) is 0 Å². The summed E-state index contributed by atoms with van der Waals surface area (Å²) in [6.07, 6.45) is 2.14. The number of nitrogens with zero attached hydrogens (tertiary/aromatic N) is 2. The van der Waals surface area contributed by atoms with Crippen LogP contribution in [0.5, 0.6) is 0 Å². The van der Waals surface area contributed by atoms with Gasteiger partial charge in [-0.15, -0.1) is 0 Å². The van der Waals surface area contributed by atoms with E-state index in [-0.39, 0.29) is 5.82 Å². The molecule has 0 unspecified atom stereocenters. The van der Waals surface area contributed by atoms with E-state index in [1.54, 1.807) is 16.7 Å². The summed E-state index contributed by atoms with van der Waals surface area (Å²) in [6, 6.07) is 14.7. The van der Waals surface area contributed by atoms with Gasteiger partial charge in [0.1, 0.15) is 5.82 Å². The molecule has 2 nitrogen and oxygen atoms in total. The minimum Gasteiger partial charge on any atom is -0.313 e. The van der Waals surface area contributed by atoms with Crippen molar-refractivity contribution in [2.24, 2.45) is 0 Å². The molecule has 0 spiro atoms. The highest BCUT2D eigenvalue weighted by Gasteiger charge is 2.12. The van der Waals surface area contributed by atoms with Crippen LogP contribution in [-0.2, 0) is 6.42 Å². The molecular formula is C16H10BrFN2. The van der Waals surface area contributed by atoms with Gasteiger partial charge < -0.3 is 4.57 Å². The van der Waals surface area contributed by atoms with Crippen molar-refractivity contribution in [1.82, 2.24) is 4.57 Å². The summed E-state index contributed by atoms with van der Waals surface area (Å²) in [4.78, 5) is 0. The highest BCUT2D eigenvalue weighted by atomic mass is 79.9. The van der Waals surface area contributed by atoms with Gasteiger partial charge in [-0.25, -0.2) is 4.39 Å². The minimum atomic E-state index is -0.294. The van der Waals surface area contributed by atoms with E-state index in [4.69, 9.17) is 5.26 Å². The highest BCUT2D eigenvalue weighted by molar-refractivity contribution is 9.10. The van der Waals surface area contributed by atoms with Gasteiger partial charge in [0.2, 0.25) is 0 Å². The van der Waals surface area contributed by atoms with Crippen molar-refractivity contribution in [2.75, 3.05) is 0 Å². The Hall–Kier alpha value is -2.12. The Morgan fingerprint density at radius 2 is 2.00 bits per heavy atom. The normalized spacial score (nSPS) is 10.7. The van der Waals surface area contributed by atoms with Gasteiger partial charge in [-0.05, 0) is 29.8 Å². The second-order valence-corrected chi connectivity index (χ2v) is 5.39. The number of fused-ring (bicyclic) bond motifs is 1. The molecule has 4 heteroatoms. The average Bonchev–Trinajstić information content (AvgIpc) is 2.81. The molecule has 98 valence electrons. The summed E-state index contributed by atoms with van der Waals surface area (Å²) in [5.41, 5.74) is 2.27. The van der Waals surface area contributed by atoms with Gasteiger partial charge in [0, 0.05) is 16.1 Å². The molecule has 20 heavy (non-hydrogen) atoms. The molecular weight excluding hydrogens is 319 g/mol. The van der Waals surface area contributed by atoms with Crippen LogP contribution in [0.4, 0.5) is 4.39 Å². The van der Waals surface area contributed by atoms with Crippen molar-refractivity contribution in [3.63, 3.8) is 0 Å². The van der Waals surface area contributed by atoms with E-state index >= 15 is 0 Å². The number of hydrogen-bond acceptors (Lipinski definition) is 1. The number of aromatic nitrogens is 1. The zero-order valence-electron chi connectivity index (χ0n) is 10.5. The van der Waals surface area contributed by atoms with Gasteiger partial charge >= 0.3 is 0 Å². The maximum atomic E-state index is 14.1. The number of para-hydroxylation sites is 1. The molecule has 3 aromatic rings. The van der Waals surface area contributed by atoms with Crippen LogP contribution in [0.2, 0.25) is 0 Å². The molecule has 1 heterocycles. The van der Waals surface area contributed by atoms with Crippen LogP contribution >= 0.6 is 15.9 Å². The predicted octanol–water partition coefficient (Wildman–Crippen LogP) is 4.60. The topological polar surface area (TPSA) is 28.7 Å². The number of benzene rings is 2. The van der Waals surface area contributed by atoms with Gasteiger partial charge in [0.25, 0.3) is 0 Å². The molecule has 0 atom stereocenters. The van der Waals surface area contributed by atoms with E-state index in [9.17, 15) is 4.39 Å². The summed E-state index contributed by atoms with van der Waals surface area (Å²) in [5.74, 6) is -0.294. The second kappa shape index (κ2) is 5.10. The lowest BCUT2D eigenvalue weighted by molar-refractivity contribution is 0.619. The summed E-state index contributed by atoms with van der Waals surface area (Å²) >= 11 is 3.36. The first-order chi connectivity index (χ1) is 9.70. The lowest BCUT2D eigenvalue weighted by atomic mass is 10.1. The van der Waals surface area contributed by atoms with E-state index in [1.807, 2.05) is 30.5 Å². The molecule has 0 amide bonds. The molecule has 0 aliphatic carbocycles. The molecule has 3 rings (SSSR count). The molecule has 1 aromatic heterocycles. The van der Waals surface area contributed by atoms with Gasteiger partial charge in [-0.3, -0.25) is 0 Å². The zero-order chi connectivity index (χ0) is 14.1. The Balaban J connectivity index is 2.31. The number of nitriles is 1. The minimum absolute atomic E-state index is 0.294. The third-order valence-electron chi connectivity index (χ3n) is 3.23. The van der Waals surface area contributed by atoms with Gasteiger partial charge in [-0.2, -0.15) is 5.26 Å². The molecule has 0 saturated carbocycles. The van der Waals surface area contributed by atoms with Crippen LogP contribution in [0, 0.1) is 17.1 Å². The fourth-order valence-electron chi connectivity index (χ4n) is 2.35. The van der Waals surface area contributed by atoms with E-state index < -0.39 is 0 Å². The first kappa shape index (κ1) is 12.9. The monoisotopic (exact) mass is 328 g/mol. The lowest BCUT2D eigenvalue weighted by Gasteiger charge is -2.07. The summed E-state index contributed by atoms with van der Waals surface area (Å²) < 4.78 is 16.7. The van der Waals surface area contributed by atoms with Crippen LogP contribution in [0.15, 0.2) is 53.1 Å². The van der Waals surface area contributed by atoms with E-state index in [0.717, 1.165) is 20.9 Å². The largest absolute Gasteiger partial charge is 0.313 e. The summed E-state index contributed by atoms with van der Waals surface area (Å²) in [5, 5.41) is 9.90. The van der Waals surface area contributed by atoms with E-state index in [1.165, 1.54) is 6.07 Å². The fourth-order valence-corrected chi connectivity index (χ4v) is 2.69. The van der Waals surface area contributed by atoms with Crippen molar-refractivity contribution >= 4 is 26.8 Å². The highest BCUT2D eigenvalue weighted by Crippen LogP contribution is 2.28. The Bertz CT molecular complexity index is 830. The number of hydrogen-bond donors (Lipinski definition) is 0. The zero-order valence-corrected chi connectivity index (χ0v) is 12.1. The van der Waals surface area contributed by atoms with Crippen molar-refractivity contribution in [3.8, 4) is 11.8 Å². The van der Waals surface area contributed by atoms with Crippen LogP contribution < -0.4 is 0 Å². The van der Waals surface area contributed by atoms with Crippen LogP contribution in [-0.4, -0.2) is 4.57 Å². The number of halogens is 2. The maximum absolute atomic E-state index is 14.1. The van der Waals surface area contributed by atoms with E-state index in [0.29, 0.717) is 12.1 Å². The quantitative estimate of drug-likeness (QED) is 0.675. The smallest absolute Gasteiger partial charge is 0.147 e. The fraction of sp³-hybridized carbons (Fsp3) is 0.0625. The Labute approximate surface area is 124 Å². The Morgan fingerprint density at radius 1 is 1.20 bits per heavy atom. The molecule has 2 aromatic carbocycles. The summed E-state index contributed by atoms with van der Waals surface area (Å²) in [6.45, 7) is 0. The van der Waals surface area contributed by atoms with Crippen molar-refractivity contribution in [2.45, 2.75) is 6.42 Å². The summed E-state index contributed by atoms with van der Waals surface area (Å²) in [7, 11) is 0. The van der Waals surface area contributed by atoms with E-state index in [2.05, 4.69) is 22.0 Å². The molecule has 0 aliphatic rings. The lowest BCUT2D eigenvalue weighted by Crippen LogP contribution is -1.95. The molecule has 0 fully saturated rings. The SMILES string of the molecule is N#CCc1cn(-c2cc(Br)ccc2F)c2ccccc12. The number of rotatable bonds is 2. The molecule has 0 saturated heterocycles. The van der Waals surface area contributed by atoms with Gasteiger partial charge in [0.05, 0.1) is 23.7 Å². The second-order valence-electron chi connectivity index (χ2n) is 4.47. The first-order valence-electron chi connectivity index (χ1n) is 6.12. The molecule has 0 bridgehead atoms. The average molecular weight is 329 g/mol. The van der Waals surface area contributed by atoms with Crippen LogP contribution in [0.3, 0.4) is 0 Å². The standard InChI is InChI=1S/C16H10BrFN2/c17-12-5-6-14(18)16(9-12)20-10-11(7-8-19)13-3-1-2-4-15(13)20/h1-6,9-10H,7H2.